The van der Waals surface area contributed by atoms with E-state index >= 15 is 0 Å². The Morgan fingerprint density at radius 2 is 1.63 bits per heavy atom. The fourth-order valence-electron chi connectivity index (χ4n) is 2.19. The summed E-state index contributed by atoms with van der Waals surface area (Å²) in [7, 11) is 0. The van der Waals surface area contributed by atoms with E-state index in [-0.39, 0.29) is 5.60 Å². The normalized spacial score (nSPS) is 13.8. The van der Waals surface area contributed by atoms with Crippen LogP contribution in [0.1, 0.15) is 24.5 Å². The summed E-state index contributed by atoms with van der Waals surface area (Å²) in [4.78, 5) is 0. The number of benzene rings is 2. The van der Waals surface area contributed by atoms with Crippen molar-refractivity contribution < 1.29 is 4.74 Å². The average Bonchev–Trinajstić information content (AvgIpc) is 2.43. The molecule has 0 radical (unpaired) electrons. The van der Waals surface area contributed by atoms with Gasteiger partial charge in [-0.05, 0) is 38.1 Å². The maximum Gasteiger partial charge on any atom is 0.132 e. The first-order valence-electron chi connectivity index (χ1n) is 6.65. The molecule has 0 amide bonds. The molecule has 2 rings (SSSR count). The highest BCUT2D eigenvalue weighted by Gasteiger charge is 2.27. The Morgan fingerprint density at radius 3 is 2.21 bits per heavy atom. The fourth-order valence-corrected chi connectivity index (χ4v) is 2.19. The molecule has 19 heavy (non-hydrogen) atoms. The summed E-state index contributed by atoms with van der Waals surface area (Å²) in [5.74, 6) is 0.880. The highest BCUT2D eigenvalue weighted by Crippen LogP contribution is 2.30. The van der Waals surface area contributed by atoms with Crippen molar-refractivity contribution in [2.75, 3.05) is 6.54 Å². The maximum atomic E-state index is 6.20. The molecule has 1 unspecified atom stereocenters. The Bertz CT molecular complexity index is 507. The molecule has 0 aliphatic heterocycles. The molecule has 0 aliphatic rings. The van der Waals surface area contributed by atoms with Gasteiger partial charge in [0, 0.05) is 6.42 Å². The van der Waals surface area contributed by atoms with Crippen molar-refractivity contribution in [1.82, 2.24) is 0 Å². The summed E-state index contributed by atoms with van der Waals surface area (Å²) in [6.45, 7) is 4.76. The lowest BCUT2D eigenvalue weighted by Gasteiger charge is -2.31. The minimum Gasteiger partial charge on any atom is -0.483 e. The molecule has 2 aromatic carbocycles. The van der Waals surface area contributed by atoms with E-state index in [2.05, 4.69) is 38.1 Å². The van der Waals surface area contributed by atoms with Gasteiger partial charge in [0.25, 0.3) is 0 Å². The van der Waals surface area contributed by atoms with Crippen LogP contribution in [0, 0.1) is 6.92 Å². The van der Waals surface area contributed by atoms with Crippen LogP contribution in [0.5, 0.6) is 5.75 Å². The molecular formula is C17H21NO. The molecular weight excluding hydrogens is 234 g/mol. The summed E-state index contributed by atoms with van der Waals surface area (Å²) < 4.78 is 6.20. The van der Waals surface area contributed by atoms with E-state index in [1.807, 2.05) is 30.3 Å². The van der Waals surface area contributed by atoms with Crippen molar-refractivity contribution in [3.8, 4) is 5.75 Å². The molecule has 0 bridgehead atoms. The number of hydrogen-bond donors (Lipinski definition) is 1. The molecule has 0 saturated carbocycles. The Morgan fingerprint density at radius 1 is 1.00 bits per heavy atom. The Kier molecular flexibility index (Phi) is 4.23. The molecule has 0 heterocycles. The summed E-state index contributed by atoms with van der Waals surface area (Å²) in [5, 5.41) is 0. The van der Waals surface area contributed by atoms with Gasteiger partial charge in [-0.3, -0.25) is 0 Å². The van der Waals surface area contributed by atoms with Crippen LogP contribution >= 0.6 is 0 Å². The summed E-state index contributed by atoms with van der Waals surface area (Å²) in [6.07, 6.45) is 0.783. The second-order valence-electron chi connectivity index (χ2n) is 5.05. The summed E-state index contributed by atoms with van der Waals surface area (Å²) in [6, 6.07) is 18.4. The second-order valence-corrected chi connectivity index (χ2v) is 5.05. The first-order chi connectivity index (χ1) is 9.14. The molecule has 2 aromatic rings. The van der Waals surface area contributed by atoms with Crippen molar-refractivity contribution in [1.29, 1.82) is 0 Å². The van der Waals surface area contributed by atoms with Gasteiger partial charge >= 0.3 is 0 Å². The van der Waals surface area contributed by atoms with E-state index in [9.17, 15) is 0 Å². The minimum atomic E-state index is -0.384. The lowest BCUT2D eigenvalue weighted by atomic mass is 9.92. The first kappa shape index (κ1) is 13.6. The van der Waals surface area contributed by atoms with Crippen molar-refractivity contribution in [3.63, 3.8) is 0 Å². The van der Waals surface area contributed by atoms with Crippen LogP contribution in [0.15, 0.2) is 54.6 Å². The van der Waals surface area contributed by atoms with Gasteiger partial charge in [-0.25, -0.2) is 0 Å². The predicted octanol–water partition coefficient (Wildman–Crippen LogP) is 3.64. The van der Waals surface area contributed by atoms with Crippen molar-refractivity contribution >= 4 is 0 Å². The number of ether oxygens (including phenoxy) is 1. The zero-order chi connectivity index (χ0) is 13.7. The first-order valence-corrected chi connectivity index (χ1v) is 6.65. The van der Waals surface area contributed by atoms with E-state index in [0.29, 0.717) is 6.54 Å². The summed E-state index contributed by atoms with van der Waals surface area (Å²) >= 11 is 0. The van der Waals surface area contributed by atoms with E-state index in [4.69, 9.17) is 10.5 Å². The maximum absolute atomic E-state index is 6.20. The largest absolute Gasteiger partial charge is 0.483 e. The van der Waals surface area contributed by atoms with Gasteiger partial charge in [-0.15, -0.1) is 0 Å². The van der Waals surface area contributed by atoms with E-state index in [0.717, 1.165) is 17.7 Å². The third-order valence-corrected chi connectivity index (χ3v) is 3.37. The van der Waals surface area contributed by atoms with Crippen LogP contribution in [0.2, 0.25) is 0 Å². The smallest absolute Gasteiger partial charge is 0.132 e. The quantitative estimate of drug-likeness (QED) is 0.885. The third-order valence-electron chi connectivity index (χ3n) is 3.37. The van der Waals surface area contributed by atoms with Crippen LogP contribution in [0.4, 0.5) is 0 Å². The van der Waals surface area contributed by atoms with Gasteiger partial charge in [0.15, 0.2) is 0 Å². The monoisotopic (exact) mass is 255 g/mol. The van der Waals surface area contributed by atoms with Gasteiger partial charge in [0.2, 0.25) is 0 Å². The highest BCUT2D eigenvalue weighted by molar-refractivity contribution is 5.29. The third kappa shape index (κ3) is 3.36. The van der Waals surface area contributed by atoms with Crippen molar-refractivity contribution in [2.24, 2.45) is 5.73 Å². The van der Waals surface area contributed by atoms with Gasteiger partial charge in [-0.2, -0.15) is 0 Å². The Balaban J connectivity index is 2.27. The molecule has 2 N–H and O–H groups in total. The number of rotatable bonds is 5. The van der Waals surface area contributed by atoms with Gasteiger partial charge in [-0.1, -0.05) is 48.0 Å². The fraction of sp³-hybridized carbons (Fsp3) is 0.294. The predicted molar refractivity (Wildman–Crippen MR) is 79.3 cm³/mol. The standard InChI is InChI=1S/C17H21NO/c1-14-8-10-16(11-9-14)19-17(2,12-13-18)15-6-4-3-5-7-15/h3-11H,12-13,18H2,1-2H3. The highest BCUT2D eigenvalue weighted by atomic mass is 16.5. The van der Waals surface area contributed by atoms with Gasteiger partial charge in [0.1, 0.15) is 11.4 Å². The van der Waals surface area contributed by atoms with Crippen molar-refractivity contribution in [3.05, 3.63) is 65.7 Å². The Hall–Kier alpha value is -1.80. The topological polar surface area (TPSA) is 35.2 Å². The molecule has 0 saturated heterocycles. The SMILES string of the molecule is Cc1ccc(OC(C)(CCN)c2ccccc2)cc1. The van der Waals surface area contributed by atoms with Crippen LogP contribution < -0.4 is 10.5 Å². The lowest BCUT2D eigenvalue weighted by molar-refractivity contribution is 0.0797. The Labute approximate surface area is 115 Å². The average molecular weight is 255 g/mol. The molecule has 0 aromatic heterocycles. The minimum absolute atomic E-state index is 0.384. The molecule has 0 fully saturated rings. The van der Waals surface area contributed by atoms with E-state index in [1.54, 1.807) is 0 Å². The number of aryl methyl sites for hydroxylation is 1. The van der Waals surface area contributed by atoms with Gasteiger partial charge < -0.3 is 10.5 Å². The van der Waals surface area contributed by atoms with Crippen molar-refractivity contribution in [2.45, 2.75) is 25.9 Å². The molecule has 2 nitrogen and oxygen atoms in total. The van der Waals surface area contributed by atoms with E-state index in [1.165, 1.54) is 5.56 Å². The van der Waals surface area contributed by atoms with Crippen LogP contribution in [-0.2, 0) is 5.60 Å². The zero-order valence-corrected chi connectivity index (χ0v) is 11.6. The lowest BCUT2D eigenvalue weighted by Crippen LogP contribution is -2.32. The zero-order valence-electron chi connectivity index (χ0n) is 11.6. The molecule has 1 atom stereocenters. The number of nitrogens with two attached hydrogens (primary N) is 1. The molecule has 100 valence electrons. The van der Waals surface area contributed by atoms with Crippen LogP contribution in [0.25, 0.3) is 0 Å². The summed E-state index contributed by atoms with van der Waals surface area (Å²) in [5.41, 5.74) is 7.75. The second kappa shape index (κ2) is 5.89. The number of hydrogen-bond acceptors (Lipinski definition) is 2. The molecule has 0 aliphatic carbocycles. The van der Waals surface area contributed by atoms with Crippen LogP contribution in [0.3, 0.4) is 0 Å². The van der Waals surface area contributed by atoms with Crippen LogP contribution in [-0.4, -0.2) is 6.54 Å². The molecule has 2 heteroatoms. The molecule has 0 spiro atoms. The van der Waals surface area contributed by atoms with E-state index < -0.39 is 0 Å². The van der Waals surface area contributed by atoms with Gasteiger partial charge in [0.05, 0.1) is 0 Å².